The van der Waals surface area contributed by atoms with Crippen molar-refractivity contribution in [2.45, 2.75) is 6.42 Å². The van der Waals surface area contributed by atoms with Gasteiger partial charge in [0.2, 0.25) is 0 Å². The van der Waals surface area contributed by atoms with Crippen molar-refractivity contribution in [2.24, 2.45) is 0 Å². The Morgan fingerprint density at radius 3 is 1.69 bits per heavy atom. The summed E-state index contributed by atoms with van der Waals surface area (Å²) in [6.45, 7) is 9.59. The van der Waals surface area contributed by atoms with Crippen molar-refractivity contribution in [1.29, 1.82) is 0 Å². The predicted octanol–water partition coefficient (Wildman–Crippen LogP) is 1.46. The molecule has 0 fully saturated rings. The van der Waals surface area contributed by atoms with Gasteiger partial charge in [-0.1, -0.05) is 19.2 Å². The first-order valence-electron chi connectivity index (χ1n) is 3.33. The van der Waals surface area contributed by atoms with Gasteiger partial charge < -0.3 is 10.2 Å². The molecule has 13 heavy (non-hydrogen) atoms. The number of carbonyl (C=O) groups is 2. The van der Waals surface area contributed by atoms with Gasteiger partial charge in [0.1, 0.15) is 0 Å². The normalized spacial score (nSPS) is 7.38. The Balaban J connectivity index is 0. The molecule has 0 spiro atoms. The topological polar surface area (TPSA) is 74.6 Å². The second-order valence-corrected chi connectivity index (χ2v) is 1.94. The zero-order chi connectivity index (χ0) is 10.9. The highest BCUT2D eigenvalue weighted by Crippen LogP contribution is 1.95. The van der Waals surface area contributed by atoms with Crippen LogP contribution in [-0.4, -0.2) is 22.2 Å². The van der Waals surface area contributed by atoms with Crippen molar-refractivity contribution >= 4 is 11.9 Å². The highest BCUT2D eigenvalue weighted by atomic mass is 16.4. The van der Waals surface area contributed by atoms with E-state index in [2.05, 4.69) is 19.7 Å². The lowest BCUT2D eigenvalue weighted by atomic mass is 10.2. The van der Waals surface area contributed by atoms with Gasteiger partial charge in [-0.25, -0.2) is 9.59 Å². The summed E-state index contributed by atoms with van der Waals surface area (Å²) in [6, 6.07) is 0. The molecule has 0 rings (SSSR count). The third-order valence-corrected chi connectivity index (χ3v) is 0.868. The van der Waals surface area contributed by atoms with Crippen molar-refractivity contribution in [1.82, 2.24) is 0 Å². The van der Waals surface area contributed by atoms with Crippen LogP contribution in [0.5, 0.6) is 0 Å². The first-order chi connectivity index (χ1) is 5.95. The molecule has 0 saturated heterocycles. The van der Waals surface area contributed by atoms with Gasteiger partial charge in [0, 0.05) is 11.6 Å². The van der Waals surface area contributed by atoms with Gasteiger partial charge >= 0.3 is 11.9 Å². The van der Waals surface area contributed by atoms with Crippen molar-refractivity contribution in [2.75, 3.05) is 0 Å². The largest absolute Gasteiger partial charge is 0.478 e. The van der Waals surface area contributed by atoms with E-state index >= 15 is 0 Å². The minimum Gasteiger partial charge on any atom is -0.478 e. The summed E-state index contributed by atoms with van der Waals surface area (Å²) in [5, 5.41) is 15.8. The van der Waals surface area contributed by atoms with E-state index in [4.69, 9.17) is 10.2 Å². The van der Waals surface area contributed by atoms with Gasteiger partial charge in [0.05, 0.1) is 0 Å². The van der Waals surface area contributed by atoms with Crippen molar-refractivity contribution < 1.29 is 19.8 Å². The van der Waals surface area contributed by atoms with Crippen LogP contribution in [0, 0.1) is 0 Å². The fraction of sp³-hybridized carbons (Fsp3) is 0.111. The molecule has 0 unspecified atom stereocenters. The summed E-state index contributed by atoms with van der Waals surface area (Å²) in [5.74, 6) is -1.94. The quantitative estimate of drug-likeness (QED) is 0.512. The standard InChI is InChI=1S/C6H8O2.C3H4O2/c1-3-4-5(2)6(7)8;1-2-3(4)5/h3H,1-2,4H2,(H,7,8);2H,1H2,(H,4,5). The molecule has 0 bridgehead atoms. The highest BCUT2D eigenvalue weighted by molar-refractivity contribution is 5.85. The molecule has 0 aliphatic rings. The molecule has 0 aliphatic heterocycles. The molecule has 0 aromatic carbocycles. The molecule has 0 atom stereocenters. The maximum Gasteiger partial charge on any atom is 0.331 e. The Kier molecular flexibility index (Phi) is 8.72. The van der Waals surface area contributed by atoms with Gasteiger partial charge in [0.25, 0.3) is 0 Å². The van der Waals surface area contributed by atoms with E-state index in [1.807, 2.05) is 0 Å². The van der Waals surface area contributed by atoms with Crippen molar-refractivity contribution in [3.05, 3.63) is 37.5 Å². The molecule has 0 saturated carbocycles. The summed E-state index contributed by atoms with van der Waals surface area (Å²) < 4.78 is 0. The van der Waals surface area contributed by atoms with E-state index in [0.29, 0.717) is 6.42 Å². The zero-order valence-electron chi connectivity index (χ0n) is 7.19. The van der Waals surface area contributed by atoms with Gasteiger partial charge in [-0.15, -0.1) is 6.58 Å². The monoisotopic (exact) mass is 184 g/mol. The van der Waals surface area contributed by atoms with Crippen LogP contribution in [0.2, 0.25) is 0 Å². The minimum absolute atomic E-state index is 0.181. The van der Waals surface area contributed by atoms with Crippen LogP contribution in [0.4, 0.5) is 0 Å². The Hall–Kier alpha value is -1.84. The maximum absolute atomic E-state index is 9.94. The second-order valence-electron chi connectivity index (χ2n) is 1.94. The highest BCUT2D eigenvalue weighted by Gasteiger charge is 1.97. The number of hydrogen-bond donors (Lipinski definition) is 2. The molecule has 0 heterocycles. The van der Waals surface area contributed by atoms with E-state index in [9.17, 15) is 9.59 Å². The van der Waals surface area contributed by atoms with Crippen molar-refractivity contribution in [3.8, 4) is 0 Å². The molecule has 0 amide bonds. The average molecular weight is 184 g/mol. The predicted molar refractivity (Wildman–Crippen MR) is 49.4 cm³/mol. The third-order valence-electron chi connectivity index (χ3n) is 0.868. The zero-order valence-corrected chi connectivity index (χ0v) is 7.19. The van der Waals surface area contributed by atoms with Gasteiger partial charge in [0.15, 0.2) is 0 Å². The van der Waals surface area contributed by atoms with Crippen LogP contribution < -0.4 is 0 Å². The maximum atomic E-state index is 9.94. The Labute approximate surface area is 76.5 Å². The molecule has 2 N–H and O–H groups in total. The van der Waals surface area contributed by atoms with Gasteiger partial charge in [-0.05, 0) is 6.42 Å². The lowest BCUT2D eigenvalue weighted by molar-refractivity contribution is -0.133. The molecule has 0 aromatic rings. The van der Waals surface area contributed by atoms with Gasteiger partial charge in [-0.3, -0.25) is 0 Å². The van der Waals surface area contributed by atoms with Gasteiger partial charge in [-0.2, -0.15) is 0 Å². The lowest BCUT2D eigenvalue weighted by Gasteiger charge is -1.89. The summed E-state index contributed by atoms with van der Waals surface area (Å²) in [5.41, 5.74) is 0.181. The number of carboxylic acid groups (broad SMARTS) is 2. The average Bonchev–Trinajstić information content (AvgIpc) is 2.06. The summed E-state index contributed by atoms with van der Waals surface area (Å²) in [6.07, 6.45) is 2.70. The van der Waals surface area contributed by atoms with E-state index in [0.717, 1.165) is 6.08 Å². The molecule has 72 valence electrons. The van der Waals surface area contributed by atoms with E-state index in [1.165, 1.54) is 6.08 Å². The Morgan fingerprint density at radius 2 is 1.62 bits per heavy atom. The smallest absolute Gasteiger partial charge is 0.331 e. The van der Waals surface area contributed by atoms with Crippen LogP contribution in [0.3, 0.4) is 0 Å². The molecule has 0 radical (unpaired) electrons. The molecular formula is C9H12O4. The van der Waals surface area contributed by atoms with E-state index in [-0.39, 0.29) is 5.57 Å². The van der Waals surface area contributed by atoms with Crippen LogP contribution in [0.25, 0.3) is 0 Å². The van der Waals surface area contributed by atoms with Crippen LogP contribution in [-0.2, 0) is 9.59 Å². The number of hydrogen-bond acceptors (Lipinski definition) is 2. The summed E-state index contributed by atoms with van der Waals surface area (Å²) in [4.78, 5) is 19.2. The van der Waals surface area contributed by atoms with Crippen LogP contribution in [0.15, 0.2) is 37.5 Å². The Morgan fingerprint density at radius 1 is 1.23 bits per heavy atom. The molecule has 0 aliphatic carbocycles. The number of carboxylic acids is 2. The summed E-state index contributed by atoms with van der Waals surface area (Å²) >= 11 is 0. The summed E-state index contributed by atoms with van der Waals surface area (Å²) in [7, 11) is 0. The molecule has 4 nitrogen and oxygen atoms in total. The number of aliphatic carboxylic acids is 2. The first-order valence-corrected chi connectivity index (χ1v) is 3.33. The fourth-order valence-corrected chi connectivity index (χ4v) is 0.262. The van der Waals surface area contributed by atoms with Crippen molar-refractivity contribution in [3.63, 3.8) is 0 Å². The third kappa shape index (κ3) is 13.2. The minimum atomic E-state index is -0.981. The fourth-order valence-electron chi connectivity index (χ4n) is 0.262. The number of rotatable bonds is 4. The molecular weight excluding hydrogens is 172 g/mol. The number of allylic oxidation sites excluding steroid dienone is 1. The molecule has 0 aromatic heterocycles. The SMILES string of the molecule is C=CC(=O)O.C=CCC(=C)C(=O)O. The lowest BCUT2D eigenvalue weighted by Crippen LogP contribution is -1.96. The van der Waals surface area contributed by atoms with E-state index in [1.54, 1.807) is 0 Å². The second kappa shape index (κ2) is 8.26. The molecule has 4 heteroatoms. The van der Waals surface area contributed by atoms with E-state index < -0.39 is 11.9 Å². The Bertz CT molecular complexity index is 228. The van der Waals surface area contributed by atoms with Crippen LogP contribution in [0.1, 0.15) is 6.42 Å². The van der Waals surface area contributed by atoms with Crippen LogP contribution >= 0.6 is 0 Å². The first kappa shape index (κ1) is 13.7.